The number of hydrogen-bond acceptors (Lipinski definition) is 3. The second kappa shape index (κ2) is 7.12. The van der Waals surface area contributed by atoms with Crippen molar-refractivity contribution in [3.63, 3.8) is 0 Å². The first-order valence-corrected chi connectivity index (χ1v) is 7.40. The van der Waals surface area contributed by atoms with Gasteiger partial charge in [-0.15, -0.1) is 0 Å². The minimum Gasteiger partial charge on any atom is -0.482 e. The molecule has 104 valence electrons. The van der Waals surface area contributed by atoms with Crippen LogP contribution in [-0.4, -0.2) is 31.6 Å². The smallest absolute Gasteiger partial charge is 0.258 e. The minimum atomic E-state index is -0.118. The van der Waals surface area contributed by atoms with Crippen molar-refractivity contribution in [3.05, 3.63) is 27.7 Å². The van der Waals surface area contributed by atoms with Gasteiger partial charge in [0.1, 0.15) is 5.75 Å². The summed E-state index contributed by atoms with van der Waals surface area (Å²) in [5.41, 5.74) is 0. The van der Waals surface area contributed by atoms with Crippen molar-refractivity contribution in [2.75, 3.05) is 19.7 Å². The van der Waals surface area contributed by atoms with Gasteiger partial charge in [0.05, 0.1) is 5.02 Å². The van der Waals surface area contributed by atoms with Crippen LogP contribution < -0.4 is 15.4 Å². The lowest BCUT2D eigenvalue weighted by atomic mass is 10.1. The fourth-order valence-electron chi connectivity index (χ4n) is 1.98. The SMILES string of the molecule is O=C(COc1ccc(Br)cc1Cl)N[C@H]1CCCNC1. The molecule has 0 aliphatic carbocycles. The Morgan fingerprint density at radius 1 is 1.58 bits per heavy atom. The van der Waals surface area contributed by atoms with Crippen molar-refractivity contribution >= 4 is 33.4 Å². The molecule has 2 N–H and O–H groups in total. The van der Waals surface area contributed by atoms with Crippen molar-refractivity contribution in [3.8, 4) is 5.75 Å². The number of piperidine rings is 1. The van der Waals surface area contributed by atoms with Crippen molar-refractivity contribution in [1.29, 1.82) is 0 Å². The van der Waals surface area contributed by atoms with Gasteiger partial charge < -0.3 is 15.4 Å². The second-order valence-corrected chi connectivity index (χ2v) is 5.80. The van der Waals surface area contributed by atoms with E-state index in [1.165, 1.54) is 0 Å². The molecule has 0 spiro atoms. The van der Waals surface area contributed by atoms with Crippen LogP contribution >= 0.6 is 27.5 Å². The quantitative estimate of drug-likeness (QED) is 0.879. The number of amides is 1. The molecule has 0 radical (unpaired) electrons. The molecule has 1 heterocycles. The zero-order chi connectivity index (χ0) is 13.7. The van der Waals surface area contributed by atoms with Crippen molar-refractivity contribution in [2.24, 2.45) is 0 Å². The number of ether oxygens (including phenoxy) is 1. The van der Waals surface area contributed by atoms with Crippen LogP contribution in [0.4, 0.5) is 0 Å². The van der Waals surface area contributed by atoms with Crippen molar-refractivity contribution in [2.45, 2.75) is 18.9 Å². The van der Waals surface area contributed by atoms with Crippen molar-refractivity contribution < 1.29 is 9.53 Å². The Morgan fingerprint density at radius 3 is 3.11 bits per heavy atom. The van der Waals surface area contributed by atoms with Gasteiger partial charge in [0.25, 0.3) is 5.91 Å². The van der Waals surface area contributed by atoms with Gasteiger partial charge in [-0.25, -0.2) is 0 Å². The number of benzene rings is 1. The van der Waals surface area contributed by atoms with Crippen molar-refractivity contribution in [1.82, 2.24) is 10.6 Å². The maximum absolute atomic E-state index is 11.7. The van der Waals surface area contributed by atoms with Crippen LogP contribution in [0.25, 0.3) is 0 Å². The summed E-state index contributed by atoms with van der Waals surface area (Å²) >= 11 is 9.32. The van der Waals surface area contributed by atoms with E-state index in [9.17, 15) is 4.79 Å². The van der Waals surface area contributed by atoms with E-state index in [2.05, 4.69) is 26.6 Å². The lowest BCUT2D eigenvalue weighted by Gasteiger charge is -2.23. The highest BCUT2D eigenvalue weighted by Crippen LogP contribution is 2.27. The van der Waals surface area contributed by atoms with Gasteiger partial charge in [0.2, 0.25) is 0 Å². The number of rotatable bonds is 4. The summed E-state index contributed by atoms with van der Waals surface area (Å²) in [5.74, 6) is 0.398. The van der Waals surface area contributed by atoms with Gasteiger partial charge in [-0.3, -0.25) is 4.79 Å². The van der Waals surface area contributed by atoms with Gasteiger partial charge >= 0.3 is 0 Å². The largest absolute Gasteiger partial charge is 0.482 e. The Kier molecular flexibility index (Phi) is 5.48. The van der Waals surface area contributed by atoms with Crippen LogP contribution in [0.3, 0.4) is 0 Å². The van der Waals surface area contributed by atoms with Crippen LogP contribution in [-0.2, 0) is 4.79 Å². The molecule has 1 fully saturated rings. The molecule has 0 aromatic heterocycles. The normalized spacial score (nSPS) is 18.9. The summed E-state index contributed by atoms with van der Waals surface area (Å²) in [6.07, 6.45) is 2.10. The van der Waals surface area contributed by atoms with E-state index in [4.69, 9.17) is 16.3 Å². The highest BCUT2D eigenvalue weighted by Gasteiger charge is 2.15. The Hall–Kier alpha value is -0.780. The summed E-state index contributed by atoms with van der Waals surface area (Å²) in [4.78, 5) is 11.7. The highest BCUT2D eigenvalue weighted by atomic mass is 79.9. The van der Waals surface area contributed by atoms with Gasteiger partial charge in [-0.1, -0.05) is 27.5 Å². The predicted octanol–water partition coefficient (Wildman–Crippen LogP) is 2.35. The maximum atomic E-state index is 11.7. The monoisotopic (exact) mass is 346 g/mol. The lowest BCUT2D eigenvalue weighted by Crippen LogP contribution is -2.47. The van der Waals surface area contributed by atoms with Crippen LogP contribution in [0, 0.1) is 0 Å². The summed E-state index contributed by atoms with van der Waals surface area (Å²) < 4.78 is 6.29. The molecule has 2 rings (SSSR count). The van der Waals surface area contributed by atoms with Gasteiger partial charge in [-0.2, -0.15) is 0 Å². The van der Waals surface area contributed by atoms with Gasteiger partial charge in [0, 0.05) is 17.1 Å². The second-order valence-electron chi connectivity index (χ2n) is 4.47. The van der Waals surface area contributed by atoms with Crippen LogP contribution in [0.5, 0.6) is 5.75 Å². The number of hydrogen-bond donors (Lipinski definition) is 2. The molecule has 1 aromatic carbocycles. The number of nitrogens with one attached hydrogen (secondary N) is 2. The first kappa shape index (κ1) is 14.6. The van der Waals surface area contributed by atoms with E-state index in [1.807, 2.05) is 6.07 Å². The predicted molar refractivity (Wildman–Crippen MR) is 78.7 cm³/mol. The molecule has 19 heavy (non-hydrogen) atoms. The Morgan fingerprint density at radius 2 is 2.42 bits per heavy atom. The minimum absolute atomic E-state index is 0.0160. The topological polar surface area (TPSA) is 50.4 Å². The van der Waals surface area contributed by atoms with E-state index >= 15 is 0 Å². The molecule has 1 aliphatic heterocycles. The Labute approximate surface area is 126 Å². The molecule has 1 amide bonds. The first-order chi connectivity index (χ1) is 9.15. The first-order valence-electron chi connectivity index (χ1n) is 6.23. The lowest BCUT2D eigenvalue weighted by molar-refractivity contribution is -0.123. The molecule has 0 unspecified atom stereocenters. The van der Waals surface area contributed by atoms with Gasteiger partial charge in [0.15, 0.2) is 6.61 Å². The number of carbonyl (C=O) groups is 1. The van der Waals surface area contributed by atoms with Crippen LogP contribution in [0.15, 0.2) is 22.7 Å². The molecule has 0 saturated carbocycles. The van der Waals surface area contributed by atoms with Gasteiger partial charge in [-0.05, 0) is 37.6 Å². The molecule has 1 aliphatic rings. The zero-order valence-electron chi connectivity index (χ0n) is 10.4. The Bertz CT molecular complexity index is 450. The zero-order valence-corrected chi connectivity index (χ0v) is 12.8. The molecule has 1 saturated heterocycles. The molecular weight excluding hydrogens is 332 g/mol. The average molecular weight is 348 g/mol. The molecule has 1 atom stereocenters. The standard InChI is InChI=1S/C13H16BrClN2O2/c14-9-3-4-12(11(15)6-9)19-8-13(18)17-10-2-1-5-16-7-10/h3-4,6,10,16H,1-2,5,7-8H2,(H,17,18)/t10-/m0/s1. The fraction of sp³-hybridized carbons (Fsp3) is 0.462. The maximum Gasteiger partial charge on any atom is 0.258 e. The third kappa shape index (κ3) is 4.67. The molecule has 0 bridgehead atoms. The summed E-state index contributed by atoms with van der Waals surface area (Å²) in [5, 5.41) is 6.68. The molecule has 6 heteroatoms. The van der Waals surface area contributed by atoms with E-state index in [1.54, 1.807) is 12.1 Å². The van der Waals surface area contributed by atoms with E-state index in [-0.39, 0.29) is 18.6 Å². The third-order valence-electron chi connectivity index (χ3n) is 2.91. The number of halogens is 2. The summed E-state index contributed by atoms with van der Waals surface area (Å²) in [6, 6.07) is 5.50. The van der Waals surface area contributed by atoms with Crippen LogP contribution in [0.1, 0.15) is 12.8 Å². The van der Waals surface area contributed by atoms with E-state index < -0.39 is 0 Å². The molecule has 1 aromatic rings. The number of carbonyl (C=O) groups excluding carboxylic acids is 1. The summed E-state index contributed by atoms with van der Waals surface area (Å²) in [6.45, 7) is 1.83. The van der Waals surface area contributed by atoms with E-state index in [0.29, 0.717) is 10.8 Å². The average Bonchev–Trinajstić information content (AvgIpc) is 2.39. The Balaban J connectivity index is 1.79. The fourth-order valence-corrected chi connectivity index (χ4v) is 2.71. The highest BCUT2D eigenvalue weighted by molar-refractivity contribution is 9.10. The molecular formula is C13H16BrClN2O2. The summed E-state index contributed by atoms with van der Waals surface area (Å²) in [7, 11) is 0. The third-order valence-corrected chi connectivity index (χ3v) is 3.70. The molecule has 4 nitrogen and oxygen atoms in total. The van der Waals surface area contributed by atoms with E-state index in [0.717, 1.165) is 30.4 Å². The van der Waals surface area contributed by atoms with Crippen LogP contribution in [0.2, 0.25) is 5.02 Å².